The zero-order valence-electron chi connectivity index (χ0n) is 19.9. The number of phosphoric acid groups is 1. The number of phosphoric ester groups is 1. The van der Waals surface area contributed by atoms with E-state index in [1.807, 2.05) is 5.92 Å². The van der Waals surface area contributed by atoms with Crippen LogP contribution in [0.3, 0.4) is 0 Å². The van der Waals surface area contributed by atoms with Gasteiger partial charge in [-0.2, -0.15) is 0 Å². The van der Waals surface area contributed by atoms with Crippen molar-refractivity contribution in [1.82, 2.24) is 0 Å². The monoisotopic (exact) mass is 502 g/mol. The second-order valence-electron chi connectivity index (χ2n) is 7.19. The number of carbonyl (C=O) groups is 2. The summed E-state index contributed by atoms with van der Waals surface area (Å²) < 4.78 is 25.0. The van der Waals surface area contributed by atoms with Crippen LogP contribution < -0.4 is 0 Å². The van der Waals surface area contributed by atoms with E-state index in [1.54, 1.807) is 0 Å². The standard InChI is InChI=1S/C26H31O8P/c1-3-5-7-9-11-13-14-16-18-20-22-25(28)34-26(23-32-35(29,30)31)33-24(27)21-19-17-15-12-10-8-6-4-2/h2,26H,3,5,7,9,11,13-14,16,18,20,22-23H2,1H3,(H2,29,30,31). The SMILES string of the molecule is C#CC#CC#CC#CC#CC(=O)OC(COP(=O)(O)O)OC(=O)CCCCCCCCCCCC. The zero-order chi connectivity index (χ0) is 26.2. The molecule has 188 valence electrons. The molecule has 0 radical (unpaired) electrons. The number of esters is 2. The molecule has 8 nitrogen and oxygen atoms in total. The van der Waals surface area contributed by atoms with Gasteiger partial charge in [-0.3, -0.25) is 9.32 Å². The van der Waals surface area contributed by atoms with E-state index in [4.69, 9.17) is 25.7 Å². The molecule has 0 aromatic rings. The van der Waals surface area contributed by atoms with Gasteiger partial charge >= 0.3 is 19.8 Å². The third kappa shape index (κ3) is 23.8. The molecule has 35 heavy (non-hydrogen) atoms. The Morgan fingerprint density at radius 2 is 1.31 bits per heavy atom. The van der Waals surface area contributed by atoms with Gasteiger partial charge in [0.15, 0.2) is 0 Å². The average molecular weight is 503 g/mol. The highest BCUT2D eigenvalue weighted by atomic mass is 31.2. The van der Waals surface area contributed by atoms with E-state index >= 15 is 0 Å². The number of rotatable bonds is 16. The molecule has 0 amide bonds. The molecular formula is C26H31O8P. The summed E-state index contributed by atoms with van der Waals surface area (Å²) in [5, 5.41) is 0. The molecule has 0 aromatic heterocycles. The number of ether oxygens (including phenoxy) is 2. The van der Waals surface area contributed by atoms with Crippen LogP contribution in [0.5, 0.6) is 0 Å². The zero-order valence-corrected chi connectivity index (χ0v) is 20.8. The molecular weight excluding hydrogens is 471 g/mol. The van der Waals surface area contributed by atoms with Crippen molar-refractivity contribution < 1.29 is 37.9 Å². The van der Waals surface area contributed by atoms with Crippen LogP contribution in [0.2, 0.25) is 0 Å². The van der Waals surface area contributed by atoms with Crippen molar-refractivity contribution in [3.8, 4) is 59.7 Å². The molecule has 0 aliphatic carbocycles. The fourth-order valence-electron chi connectivity index (χ4n) is 2.64. The Hall–Kier alpha value is -3.15. The van der Waals surface area contributed by atoms with Gasteiger partial charge < -0.3 is 19.3 Å². The van der Waals surface area contributed by atoms with Crippen LogP contribution in [0.4, 0.5) is 0 Å². The quantitative estimate of drug-likeness (QED) is 0.0823. The minimum Gasteiger partial charge on any atom is -0.422 e. The molecule has 0 aliphatic rings. The lowest BCUT2D eigenvalue weighted by Crippen LogP contribution is -2.28. The number of carbonyl (C=O) groups excluding carboxylic acids is 2. The van der Waals surface area contributed by atoms with E-state index in [2.05, 4.69) is 58.8 Å². The fourth-order valence-corrected chi connectivity index (χ4v) is 2.95. The van der Waals surface area contributed by atoms with Crippen LogP contribution in [-0.4, -0.2) is 34.6 Å². The molecule has 0 saturated carbocycles. The lowest BCUT2D eigenvalue weighted by atomic mass is 10.1. The molecule has 0 heterocycles. The van der Waals surface area contributed by atoms with Gasteiger partial charge in [-0.25, -0.2) is 9.36 Å². The van der Waals surface area contributed by atoms with Gasteiger partial charge in [0.05, 0.1) is 0 Å². The summed E-state index contributed by atoms with van der Waals surface area (Å²) in [7, 11) is -4.87. The Kier molecular flexibility index (Phi) is 19.5. The van der Waals surface area contributed by atoms with Gasteiger partial charge in [-0.15, -0.1) is 6.42 Å². The third-order valence-electron chi connectivity index (χ3n) is 4.23. The van der Waals surface area contributed by atoms with Gasteiger partial charge in [0.1, 0.15) is 6.61 Å². The van der Waals surface area contributed by atoms with E-state index < -0.39 is 32.7 Å². The van der Waals surface area contributed by atoms with Crippen molar-refractivity contribution in [2.24, 2.45) is 0 Å². The largest absolute Gasteiger partial charge is 0.469 e. The first-order valence-electron chi connectivity index (χ1n) is 11.3. The predicted molar refractivity (Wildman–Crippen MR) is 130 cm³/mol. The Balaban J connectivity index is 4.49. The highest BCUT2D eigenvalue weighted by Gasteiger charge is 2.24. The lowest BCUT2D eigenvalue weighted by molar-refractivity contribution is -0.189. The smallest absolute Gasteiger partial charge is 0.422 e. The summed E-state index contributed by atoms with van der Waals surface area (Å²) in [4.78, 5) is 41.5. The van der Waals surface area contributed by atoms with Gasteiger partial charge in [0.2, 0.25) is 0 Å². The Morgan fingerprint density at radius 3 is 1.86 bits per heavy atom. The van der Waals surface area contributed by atoms with E-state index in [0.29, 0.717) is 6.42 Å². The van der Waals surface area contributed by atoms with Crippen molar-refractivity contribution in [2.45, 2.75) is 83.8 Å². The van der Waals surface area contributed by atoms with Gasteiger partial charge in [-0.1, -0.05) is 64.7 Å². The average Bonchev–Trinajstić information content (AvgIpc) is 2.80. The molecule has 1 atom stereocenters. The highest BCUT2D eigenvalue weighted by Crippen LogP contribution is 2.36. The number of terminal acetylenes is 1. The minimum atomic E-state index is -4.87. The van der Waals surface area contributed by atoms with E-state index in [1.165, 1.54) is 38.5 Å². The highest BCUT2D eigenvalue weighted by molar-refractivity contribution is 7.46. The first-order chi connectivity index (χ1) is 16.8. The molecule has 1 unspecified atom stereocenters. The molecule has 0 bridgehead atoms. The van der Waals surface area contributed by atoms with E-state index in [0.717, 1.165) is 19.3 Å². The van der Waals surface area contributed by atoms with Crippen LogP contribution in [0.15, 0.2) is 0 Å². The topological polar surface area (TPSA) is 119 Å². The second-order valence-corrected chi connectivity index (χ2v) is 8.43. The third-order valence-corrected chi connectivity index (χ3v) is 4.71. The van der Waals surface area contributed by atoms with Crippen molar-refractivity contribution in [3.05, 3.63) is 0 Å². The second kappa shape index (κ2) is 21.4. The van der Waals surface area contributed by atoms with E-state index in [9.17, 15) is 14.2 Å². The van der Waals surface area contributed by atoms with Gasteiger partial charge in [0.25, 0.3) is 6.29 Å². The van der Waals surface area contributed by atoms with Gasteiger partial charge in [0, 0.05) is 12.3 Å². The summed E-state index contributed by atoms with van der Waals surface area (Å²) in [6, 6.07) is 0. The van der Waals surface area contributed by atoms with Crippen LogP contribution >= 0.6 is 7.82 Å². The van der Waals surface area contributed by atoms with Crippen LogP contribution in [0, 0.1) is 59.7 Å². The van der Waals surface area contributed by atoms with Crippen molar-refractivity contribution in [2.75, 3.05) is 6.61 Å². The maximum Gasteiger partial charge on any atom is 0.469 e. The van der Waals surface area contributed by atoms with Crippen molar-refractivity contribution >= 4 is 19.8 Å². The molecule has 0 fully saturated rings. The normalized spacial score (nSPS) is 10.3. The summed E-state index contributed by atoms with van der Waals surface area (Å²) >= 11 is 0. The first kappa shape index (κ1) is 31.8. The molecule has 0 rings (SSSR count). The first-order valence-corrected chi connectivity index (χ1v) is 12.9. The summed E-state index contributed by atoms with van der Waals surface area (Å²) in [5.41, 5.74) is 0. The fraction of sp³-hybridized carbons (Fsp3) is 0.538. The molecule has 0 aromatic carbocycles. The van der Waals surface area contributed by atoms with Gasteiger partial charge in [-0.05, 0) is 53.8 Å². The summed E-state index contributed by atoms with van der Waals surface area (Å²) in [5.74, 6) is 18.3. The van der Waals surface area contributed by atoms with Crippen molar-refractivity contribution in [1.29, 1.82) is 0 Å². The lowest BCUT2D eigenvalue weighted by Gasteiger charge is -2.17. The molecule has 2 N–H and O–H groups in total. The molecule has 0 aliphatic heterocycles. The number of hydrogen-bond donors (Lipinski definition) is 2. The van der Waals surface area contributed by atoms with Crippen LogP contribution in [-0.2, 0) is 28.2 Å². The summed E-state index contributed by atoms with van der Waals surface area (Å²) in [6.45, 7) is 1.33. The van der Waals surface area contributed by atoms with E-state index in [-0.39, 0.29) is 6.42 Å². The predicted octanol–water partition coefficient (Wildman–Crippen LogP) is 3.47. The minimum absolute atomic E-state index is 0.0683. The van der Waals surface area contributed by atoms with Crippen LogP contribution in [0.25, 0.3) is 0 Å². The number of hydrogen-bond acceptors (Lipinski definition) is 6. The maximum atomic E-state index is 12.0. The molecule has 0 spiro atoms. The molecule has 0 saturated heterocycles. The Bertz CT molecular complexity index is 989. The maximum absolute atomic E-state index is 12.0. The number of unbranched alkanes of at least 4 members (excludes halogenated alkanes) is 9. The summed E-state index contributed by atoms with van der Waals surface area (Å²) in [6.07, 6.45) is 14.3. The van der Waals surface area contributed by atoms with Crippen LogP contribution in [0.1, 0.15) is 77.6 Å². The Labute approximate surface area is 208 Å². The van der Waals surface area contributed by atoms with Crippen molar-refractivity contribution in [3.63, 3.8) is 0 Å². The molecule has 9 heteroatoms. The Morgan fingerprint density at radius 1 is 0.800 bits per heavy atom.